The summed E-state index contributed by atoms with van der Waals surface area (Å²) in [4.78, 5) is 0. The molecule has 104 valence electrons. The Hall–Kier alpha value is -1.80. The number of benzene rings is 2. The lowest BCUT2D eigenvalue weighted by molar-refractivity contribution is 0.433. The van der Waals surface area contributed by atoms with E-state index < -0.39 is 0 Å². The van der Waals surface area contributed by atoms with Gasteiger partial charge in [0.05, 0.1) is 0 Å². The van der Waals surface area contributed by atoms with Crippen LogP contribution in [0.4, 0.5) is 0 Å². The summed E-state index contributed by atoms with van der Waals surface area (Å²) in [5.41, 5.74) is 3.83. The Morgan fingerprint density at radius 2 is 1.90 bits per heavy atom. The van der Waals surface area contributed by atoms with Crippen LogP contribution in [0.5, 0.6) is 5.75 Å². The molecule has 0 saturated heterocycles. The van der Waals surface area contributed by atoms with E-state index in [9.17, 15) is 5.11 Å². The maximum atomic E-state index is 9.85. The zero-order valence-corrected chi connectivity index (χ0v) is 11.7. The molecule has 0 amide bonds. The third-order valence-corrected chi connectivity index (χ3v) is 4.15. The average molecular weight is 267 g/mol. The van der Waals surface area contributed by atoms with Gasteiger partial charge in [-0.3, -0.25) is 0 Å². The van der Waals surface area contributed by atoms with Gasteiger partial charge in [0.1, 0.15) is 5.75 Å². The van der Waals surface area contributed by atoms with Gasteiger partial charge in [0, 0.05) is 6.04 Å². The van der Waals surface area contributed by atoms with E-state index in [1.165, 1.54) is 11.1 Å². The van der Waals surface area contributed by atoms with E-state index in [0.717, 1.165) is 37.8 Å². The van der Waals surface area contributed by atoms with E-state index in [2.05, 4.69) is 41.7 Å². The molecule has 20 heavy (non-hydrogen) atoms. The minimum Gasteiger partial charge on any atom is -0.508 e. The smallest absolute Gasteiger partial charge is 0.119 e. The van der Waals surface area contributed by atoms with Crippen LogP contribution in [-0.4, -0.2) is 17.7 Å². The molecule has 2 nitrogen and oxygen atoms in total. The maximum Gasteiger partial charge on any atom is 0.119 e. The highest BCUT2D eigenvalue weighted by atomic mass is 16.3. The Labute approximate surface area is 120 Å². The van der Waals surface area contributed by atoms with Gasteiger partial charge in [-0.2, -0.15) is 0 Å². The second-order valence-corrected chi connectivity index (χ2v) is 5.54. The zero-order chi connectivity index (χ0) is 13.8. The summed E-state index contributed by atoms with van der Waals surface area (Å²) in [6.07, 6.45) is 4.19. The number of aromatic hydroxyl groups is 1. The lowest BCUT2D eigenvalue weighted by Crippen LogP contribution is -2.35. The molecule has 0 aromatic heterocycles. The number of hydrogen-bond acceptors (Lipinski definition) is 2. The van der Waals surface area contributed by atoms with Crippen LogP contribution in [-0.2, 0) is 19.3 Å². The van der Waals surface area contributed by atoms with Gasteiger partial charge in [0.2, 0.25) is 0 Å². The fourth-order valence-electron chi connectivity index (χ4n) is 3.03. The number of hydrogen-bond donors (Lipinski definition) is 2. The van der Waals surface area contributed by atoms with Gasteiger partial charge < -0.3 is 10.4 Å². The Morgan fingerprint density at radius 3 is 2.75 bits per heavy atom. The first-order valence-corrected chi connectivity index (χ1v) is 7.40. The molecule has 0 radical (unpaired) electrons. The monoisotopic (exact) mass is 267 g/mol. The molecule has 2 heteroatoms. The summed E-state index contributed by atoms with van der Waals surface area (Å²) in [6, 6.07) is 17.0. The third kappa shape index (κ3) is 3.02. The van der Waals surface area contributed by atoms with Gasteiger partial charge in [-0.25, -0.2) is 0 Å². The first-order chi connectivity index (χ1) is 9.83. The van der Waals surface area contributed by atoms with E-state index >= 15 is 0 Å². The van der Waals surface area contributed by atoms with Crippen LogP contribution in [0.25, 0.3) is 0 Å². The minimum absolute atomic E-state index is 0.463. The summed E-state index contributed by atoms with van der Waals surface area (Å²) in [5.74, 6) is 0.463. The van der Waals surface area contributed by atoms with E-state index in [0.29, 0.717) is 11.8 Å². The molecule has 0 fully saturated rings. The number of nitrogens with one attached hydrogen (secondary N) is 1. The number of phenolic OH excluding ortho intramolecular Hbond substituents is 1. The normalized spacial score (nSPS) is 17.7. The molecule has 0 spiro atoms. The molecule has 2 N–H and O–H groups in total. The summed E-state index contributed by atoms with van der Waals surface area (Å²) in [7, 11) is 0. The Bertz CT molecular complexity index is 565. The molecular weight excluding hydrogens is 246 g/mol. The van der Waals surface area contributed by atoms with Crippen molar-refractivity contribution in [3.8, 4) is 5.75 Å². The molecule has 0 heterocycles. The summed E-state index contributed by atoms with van der Waals surface area (Å²) in [6.45, 7) is 1.02. The zero-order valence-electron chi connectivity index (χ0n) is 11.7. The van der Waals surface area contributed by atoms with E-state index in [1.807, 2.05) is 6.07 Å². The second-order valence-electron chi connectivity index (χ2n) is 5.54. The van der Waals surface area contributed by atoms with Crippen LogP contribution in [0.15, 0.2) is 48.5 Å². The molecule has 0 saturated carbocycles. The van der Waals surface area contributed by atoms with Crippen LogP contribution < -0.4 is 5.32 Å². The molecule has 1 atom stereocenters. The molecule has 2 aromatic rings. The summed E-state index contributed by atoms with van der Waals surface area (Å²) in [5, 5.41) is 13.5. The molecule has 1 aliphatic rings. The minimum atomic E-state index is 0.463. The van der Waals surface area contributed by atoms with Gasteiger partial charge >= 0.3 is 0 Å². The second kappa shape index (κ2) is 6.10. The van der Waals surface area contributed by atoms with Crippen LogP contribution in [0.1, 0.15) is 23.1 Å². The molecule has 1 aliphatic carbocycles. The maximum absolute atomic E-state index is 9.85. The van der Waals surface area contributed by atoms with Gasteiger partial charge in [0.25, 0.3) is 0 Å². The molecule has 0 aliphatic heterocycles. The standard InChI is InChI=1S/C18H21NO/c20-18-8-4-7-15-13-16(9-10-17(15)18)19-12-11-14-5-2-1-3-6-14/h1-8,16,19-20H,9-13H2. The summed E-state index contributed by atoms with van der Waals surface area (Å²) >= 11 is 0. The Balaban J connectivity index is 1.53. The highest BCUT2D eigenvalue weighted by Crippen LogP contribution is 2.28. The fourth-order valence-corrected chi connectivity index (χ4v) is 3.03. The largest absolute Gasteiger partial charge is 0.508 e. The van der Waals surface area contributed by atoms with Gasteiger partial charge in [-0.15, -0.1) is 0 Å². The molecule has 2 aromatic carbocycles. The number of rotatable bonds is 4. The number of fused-ring (bicyclic) bond motifs is 1. The van der Waals surface area contributed by atoms with Gasteiger partial charge in [0.15, 0.2) is 0 Å². The highest BCUT2D eigenvalue weighted by Gasteiger charge is 2.19. The predicted molar refractivity (Wildman–Crippen MR) is 82.1 cm³/mol. The SMILES string of the molecule is Oc1cccc2c1CCC(NCCc1ccccc1)C2. The van der Waals surface area contributed by atoms with Crippen LogP contribution in [0.2, 0.25) is 0 Å². The molecular formula is C18H21NO. The third-order valence-electron chi connectivity index (χ3n) is 4.15. The van der Waals surface area contributed by atoms with Crippen molar-refractivity contribution in [2.24, 2.45) is 0 Å². The topological polar surface area (TPSA) is 32.3 Å². The lowest BCUT2D eigenvalue weighted by atomic mass is 9.87. The van der Waals surface area contributed by atoms with Crippen molar-refractivity contribution >= 4 is 0 Å². The average Bonchev–Trinajstić information content (AvgIpc) is 2.48. The van der Waals surface area contributed by atoms with Crippen molar-refractivity contribution < 1.29 is 5.11 Å². The number of phenols is 1. The molecule has 0 bridgehead atoms. The van der Waals surface area contributed by atoms with Crippen molar-refractivity contribution in [1.29, 1.82) is 0 Å². The predicted octanol–water partition coefficient (Wildman–Crippen LogP) is 3.08. The molecule has 3 rings (SSSR count). The van der Waals surface area contributed by atoms with E-state index in [-0.39, 0.29) is 0 Å². The van der Waals surface area contributed by atoms with Crippen molar-refractivity contribution in [3.05, 3.63) is 65.2 Å². The van der Waals surface area contributed by atoms with Crippen LogP contribution in [0.3, 0.4) is 0 Å². The Morgan fingerprint density at radius 1 is 1.05 bits per heavy atom. The lowest BCUT2D eigenvalue weighted by Gasteiger charge is -2.26. The fraction of sp³-hybridized carbons (Fsp3) is 0.333. The van der Waals surface area contributed by atoms with Crippen molar-refractivity contribution in [2.45, 2.75) is 31.7 Å². The molecule has 1 unspecified atom stereocenters. The van der Waals surface area contributed by atoms with E-state index in [4.69, 9.17) is 0 Å². The highest BCUT2D eigenvalue weighted by molar-refractivity contribution is 5.41. The summed E-state index contributed by atoms with van der Waals surface area (Å²) < 4.78 is 0. The Kier molecular flexibility index (Phi) is 4.03. The van der Waals surface area contributed by atoms with E-state index in [1.54, 1.807) is 6.07 Å². The van der Waals surface area contributed by atoms with Gasteiger partial charge in [-0.1, -0.05) is 42.5 Å². The van der Waals surface area contributed by atoms with Crippen molar-refractivity contribution in [2.75, 3.05) is 6.54 Å². The van der Waals surface area contributed by atoms with Crippen LogP contribution in [0, 0.1) is 0 Å². The first kappa shape index (κ1) is 13.2. The van der Waals surface area contributed by atoms with Crippen molar-refractivity contribution in [3.63, 3.8) is 0 Å². The van der Waals surface area contributed by atoms with Gasteiger partial charge in [-0.05, 0) is 55.0 Å². The van der Waals surface area contributed by atoms with Crippen LogP contribution >= 0.6 is 0 Å². The first-order valence-electron chi connectivity index (χ1n) is 7.40. The quantitative estimate of drug-likeness (QED) is 0.892. The van der Waals surface area contributed by atoms with Crippen molar-refractivity contribution in [1.82, 2.24) is 5.32 Å².